The van der Waals surface area contributed by atoms with Gasteiger partial charge >= 0.3 is 5.97 Å². The highest BCUT2D eigenvalue weighted by atomic mass is 79.9. The number of carbonyl (C=O) groups is 1. The Bertz CT molecular complexity index is 1120. The Morgan fingerprint density at radius 3 is 2.56 bits per heavy atom. The van der Waals surface area contributed by atoms with Gasteiger partial charge in [-0.05, 0) is 49.2 Å². The maximum absolute atomic E-state index is 12.7. The summed E-state index contributed by atoms with van der Waals surface area (Å²) in [6.45, 7) is 3.83. The lowest BCUT2D eigenvalue weighted by atomic mass is 9.83. The summed E-state index contributed by atoms with van der Waals surface area (Å²) in [7, 11) is 1.54. The summed E-state index contributed by atoms with van der Waals surface area (Å²) in [4.78, 5) is 12.7. The lowest BCUT2D eigenvalue weighted by Crippen LogP contribution is -2.25. The molecule has 0 saturated carbocycles. The first kappa shape index (κ1) is 23.2. The fraction of sp³-hybridized carbons (Fsp3) is 0.250. The highest BCUT2D eigenvalue weighted by molar-refractivity contribution is 9.10. The number of hydrogen-bond donors (Lipinski definition) is 1. The smallest absolute Gasteiger partial charge is 0.338 e. The number of hydrogen-bond acceptors (Lipinski definition) is 7. The van der Waals surface area contributed by atoms with Gasteiger partial charge in [0, 0.05) is 4.47 Å². The van der Waals surface area contributed by atoms with Crippen LogP contribution in [-0.4, -0.2) is 19.7 Å². The largest absolute Gasteiger partial charge is 0.493 e. The van der Waals surface area contributed by atoms with Gasteiger partial charge in [0.1, 0.15) is 24.0 Å². The molecule has 1 atom stereocenters. The van der Waals surface area contributed by atoms with Gasteiger partial charge in [0.2, 0.25) is 5.88 Å². The highest BCUT2D eigenvalue weighted by Gasteiger charge is 2.36. The minimum Gasteiger partial charge on any atom is -0.493 e. The molecule has 0 aromatic heterocycles. The Labute approximate surface area is 195 Å². The third-order valence-electron chi connectivity index (χ3n) is 4.93. The number of halogens is 1. The summed E-state index contributed by atoms with van der Waals surface area (Å²) in [5.74, 6) is -0.0886. The predicted octanol–water partition coefficient (Wildman–Crippen LogP) is 4.68. The molecule has 2 N–H and O–H groups in total. The van der Waals surface area contributed by atoms with Crippen molar-refractivity contribution in [2.24, 2.45) is 5.73 Å². The van der Waals surface area contributed by atoms with Crippen LogP contribution in [0.1, 0.15) is 30.9 Å². The molecule has 0 spiro atoms. The van der Waals surface area contributed by atoms with Gasteiger partial charge in [-0.25, -0.2) is 4.79 Å². The number of rotatable bonds is 7. The Morgan fingerprint density at radius 1 is 1.22 bits per heavy atom. The summed E-state index contributed by atoms with van der Waals surface area (Å²) in [5, 5.41) is 9.75. The molecule has 8 heteroatoms. The second-order valence-corrected chi connectivity index (χ2v) is 7.86. The highest BCUT2D eigenvalue weighted by Crippen LogP contribution is 2.42. The molecule has 1 aliphatic rings. The molecule has 32 heavy (non-hydrogen) atoms. The quantitative estimate of drug-likeness (QED) is 0.552. The zero-order valence-electron chi connectivity index (χ0n) is 18.0. The molecule has 0 amide bonds. The Hall–Kier alpha value is -3.44. The van der Waals surface area contributed by atoms with Crippen molar-refractivity contribution < 1.29 is 23.7 Å². The van der Waals surface area contributed by atoms with Gasteiger partial charge in [0.15, 0.2) is 11.5 Å². The molecule has 2 aromatic rings. The van der Waals surface area contributed by atoms with Gasteiger partial charge in [-0.2, -0.15) is 5.26 Å². The first-order valence-electron chi connectivity index (χ1n) is 9.90. The average Bonchev–Trinajstić information content (AvgIpc) is 2.78. The van der Waals surface area contributed by atoms with Crippen molar-refractivity contribution in [2.75, 3.05) is 13.7 Å². The van der Waals surface area contributed by atoms with Crippen molar-refractivity contribution in [3.63, 3.8) is 0 Å². The summed E-state index contributed by atoms with van der Waals surface area (Å²) < 4.78 is 23.1. The van der Waals surface area contributed by atoms with Crippen LogP contribution in [0.3, 0.4) is 0 Å². The number of allylic oxidation sites excluding steroid dienone is 2. The van der Waals surface area contributed by atoms with E-state index in [0.29, 0.717) is 23.7 Å². The van der Waals surface area contributed by atoms with Crippen molar-refractivity contribution in [3.05, 3.63) is 80.9 Å². The third kappa shape index (κ3) is 4.89. The molecule has 166 valence electrons. The number of nitriles is 1. The third-order valence-corrected chi connectivity index (χ3v) is 5.46. The van der Waals surface area contributed by atoms with E-state index in [1.807, 2.05) is 24.3 Å². The van der Waals surface area contributed by atoms with Crippen LogP contribution < -0.4 is 15.2 Å². The molecular weight excluding hydrogens is 476 g/mol. The van der Waals surface area contributed by atoms with Crippen LogP contribution in [0.25, 0.3) is 0 Å². The fourth-order valence-electron chi connectivity index (χ4n) is 3.42. The van der Waals surface area contributed by atoms with E-state index in [4.69, 9.17) is 24.7 Å². The SMILES string of the molecule is CCOC(=O)C1=C(C)OC(N)=C(C#N)C1c1ccc(OC)c(OCc2ccc(Br)cc2)c1. The van der Waals surface area contributed by atoms with Crippen molar-refractivity contribution in [1.29, 1.82) is 5.26 Å². The van der Waals surface area contributed by atoms with E-state index in [1.54, 1.807) is 39.2 Å². The van der Waals surface area contributed by atoms with Gasteiger partial charge in [-0.15, -0.1) is 0 Å². The Kier molecular flexibility index (Phi) is 7.44. The second-order valence-electron chi connectivity index (χ2n) is 6.94. The molecule has 0 aliphatic carbocycles. The number of nitrogens with zero attached hydrogens (tertiary/aromatic N) is 1. The van der Waals surface area contributed by atoms with Crippen LogP contribution in [0, 0.1) is 11.3 Å². The van der Waals surface area contributed by atoms with E-state index in [0.717, 1.165) is 10.0 Å². The van der Waals surface area contributed by atoms with Crippen LogP contribution in [0.15, 0.2) is 69.7 Å². The van der Waals surface area contributed by atoms with E-state index >= 15 is 0 Å². The van der Waals surface area contributed by atoms with Crippen molar-refractivity contribution in [1.82, 2.24) is 0 Å². The summed E-state index contributed by atoms with van der Waals surface area (Å²) in [5.41, 5.74) is 7.92. The molecular formula is C24H23BrN2O5. The first-order chi connectivity index (χ1) is 15.4. The summed E-state index contributed by atoms with van der Waals surface area (Å²) in [6.07, 6.45) is 0. The lowest BCUT2D eigenvalue weighted by Gasteiger charge is -2.27. The van der Waals surface area contributed by atoms with Crippen LogP contribution in [0.5, 0.6) is 11.5 Å². The number of methoxy groups -OCH3 is 1. The number of carbonyl (C=O) groups excluding carboxylic acids is 1. The van der Waals surface area contributed by atoms with Crippen LogP contribution in [0.4, 0.5) is 0 Å². The van der Waals surface area contributed by atoms with E-state index in [-0.39, 0.29) is 29.4 Å². The first-order valence-corrected chi connectivity index (χ1v) is 10.7. The van der Waals surface area contributed by atoms with Crippen molar-refractivity contribution in [2.45, 2.75) is 26.4 Å². The van der Waals surface area contributed by atoms with Crippen molar-refractivity contribution >= 4 is 21.9 Å². The van der Waals surface area contributed by atoms with Gasteiger partial charge < -0.3 is 24.7 Å². The second kappa shape index (κ2) is 10.2. The number of nitrogens with two attached hydrogens (primary N) is 1. The summed E-state index contributed by atoms with van der Waals surface area (Å²) >= 11 is 3.41. The maximum Gasteiger partial charge on any atom is 0.338 e. The molecule has 1 unspecified atom stereocenters. The standard InChI is InChI=1S/C24H23BrN2O5/c1-4-30-24(28)21-14(2)32-23(27)18(12-26)22(21)16-7-10-19(29-3)20(11-16)31-13-15-5-8-17(25)9-6-15/h5-11,22H,4,13,27H2,1-3H3. The number of benzene rings is 2. The topological polar surface area (TPSA) is 104 Å². The molecule has 0 fully saturated rings. The predicted molar refractivity (Wildman–Crippen MR) is 121 cm³/mol. The van der Waals surface area contributed by atoms with E-state index in [2.05, 4.69) is 22.0 Å². The van der Waals surface area contributed by atoms with Gasteiger partial charge in [0.25, 0.3) is 0 Å². The molecule has 0 radical (unpaired) electrons. The normalized spacial score (nSPS) is 15.7. The Morgan fingerprint density at radius 2 is 1.94 bits per heavy atom. The summed E-state index contributed by atoms with van der Waals surface area (Å²) in [6, 6.07) is 15.1. The molecule has 3 rings (SSSR count). The fourth-order valence-corrected chi connectivity index (χ4v) is 3.68. The van der Waals surface area contributed by atoms with E-state index in [1.165, 1.54) is 0 Å². The van der Waals surface area contributed by atoms with E-state index in [9.17, 15) is 10.1 Å². The van der Waals surface area contributed by atoms with Crippen molar-refractivity contribution in [3.8, 4) is 17.6 Å². The maximum atomic E-state index is 12.7. The zero-order chi connectivity index (χ0) is 23.3. The minimum atomic E-state index is -0.756. The zero-order valence-corrected chi connectivity index (χ0v) is 19.6. The minimum absolute atomic E-state index is 0.0452. The molecule has 7 nitrogen and oxygen atoms in total. The van der Waals surface area contributed by atoms with Crippen LogP contribution in [-0.2, 0) is 20.9 Å². The molecule has 2 aromatic carbocycles. The Balaban J connectivity index is 2.02. The molecule has 0 bridgehead atoms. The van der Waals surface area contributed by atoms with E-state index < -0.39 is 11.9 Å². The number of esters is 1. The lowest BCUT2D eigenvalue weighted by molar-refractivity contribution is -0.139. The molecule has 1 aliphatic heterocycles. The number of ether oxygens (including phenoxy) is 4. The average molecular weight is 499 g/mol. The molecule has 1 heterocycles. The molecule has 0 saturated heterocycles. The monoisotopic (exact) mass is 498 g/mol. The van der Waals surface area contributed by atoms with Crippen LogP contribution >= 0.6 is 15.9 Å². The van der Waals surface area contributed by atoms with Gasteiger partial charge in [-0.3, -0.25) is 0 Å². The van der Waals surface area contributed by atoms with Crippen LogP contribution in [0.2, 0.25) is 0 Å². The van der Waals surface area contributed by atoms with Gasteiger partial charge in [-0.1, -0.05) is 34.1 Å². The van der Waals surface area contributed by atoms with Gasteiger partial charge in [0.05, 0.1) is 25.2 Å².